The van der Waals surface area contributed by atoms with Crippen LogP contribution in [-0.2, 0) is 4.74 Å². The first-order valence-corrected chi connectivity index (χ1v) is 22.5. The third kappa shape index (κ3) is 7.06. The molecule has 5 atom stereocenters. The second-order valence-corrected chi connectivity index (χ2v) is 17.2. The SMILES string of the molecule is [B]1C=CC2=C(OC3C=CC=CC2=C3)C1c1ccc(N(c2ccc(-c3cc(-c4ccccc4)cc(C4C=CC=CC4)c3)cc2)c2ccc(-c3cccc4c3OC3C=CC=CC43)cc2)cc1. The summed E-state index contributed by atoms with van der Waals surface area (Å²) in [6.07, 6.45) is 31.4. The number of fused-ring (bicyclic) bond motifs is 5. The van der Waals surface area contributed by atoms with E-state index in [1.165, 1.54) is 44.5 Å². The lowest BCUT2D eigenvalue weighted by Crippen LogP contribution is -2.24. The van der Waals surface area contributed by atoms with Crippen molar-refractivity contribution < 1.29 is 9.47 Å². The summed E-state index contributed by atoms with van der Waals surface area (Å²) in [5, 5.41) is 0. The molecule has 3 aliphatic heterocycles. The van der Waals surface area contributed by atoms with Gasteiger partial charge in [-0.2, -0.15) is 0 Å². The van der Waals surface area contributed by atoms with Gasteiger partial charge in [-0.1, -0.05) is 164 Å². The minimum atomic E-state index is -0.0678. The highest BCUT2D eigenvalue weighted by Gasteiger charge is 2.34. The Kier molecular flexibility index (Phi) is 9.71. The second kappa shape index (κ2) is 16.3. The van der Waals surface area contributed by atoms with Crippen LogP contribution >= 0.6 is 0 Å². The first-order valence-electron chi connectivity index (χ1n) is 22.5. The smallest absolute Gasteiger partial charge is 0.160 e. The van der Waals surface area contributed by atoms with E-state index in [-0.39, 0.29) is 23.9 Å². The molecule has 2 bridgehead atoms. The number of benzene rings is 6. The number of hydrogen-bond donors (Lipinski definition) is 0. The average Bonchev–Trinajstić information content (AvgIpc) is 3.64. The topological polar surface area (TPSA) is 21.7 Å². The van der Waals surface area contributed by atoms with Gasteiger partial charge in [0.1, 0.15) is 23.7 Å². The maximum Gasteiger partial charge on any atom is 0.160 e. The maximum atomic E-state index is 6.61. The fourth-order valence-electron chi connectivity index (χ4n) is 10.1. The van der Waals surface area contributed by atoms with Gasteiger partial charge in [-0.3, -0.25) is 0 Å². The third-order valence-electron chi connectivity index (χ3n) is 13.3. The molecule has 12 rings (SSSR count). The summed E-state index contributed by atoms with van der Waals surface area (Å²) >= 11 is 0. The number of nitrogens with zero attached hydrogens (tertiary/aromatic N) is 1. The van der Waals surface area contributed by atoms with Crippen molar-refractivity contribution in [3.05, 3.63) is 264 Å². The van der Waals surface area contributed by atoms with E-state index < -0.39 is 0 Å². The van der Waals surface area contributed by atoms with Gasteiger partial charge in [0.2, 0.25) is 0 Å². The molecule has 0 fully saturated rings. The fourth-order valence-corrected chi connectivity index (χ4v) is 10.1. The van der Waals surface area contributed by atoms with E-state index in [4.69, 9.17) is 9.47 Å². The molecule has 4 heteroatoms. The van der Waals surface area contributed by atoms with E-state index in [9.17, 15) is 0 Å². The molecule has 305 valence electrons. The molecule has 3 heterocycles. The van der Waals surface area contributed by atoms with E-state index in [1.807, 2.05) is 0 Å². The molecule has 0 spiro atoms. The van der Waals surface area contributed by atoms with Crippen molar-refractivity contribution in [2.45, 2.75) is 36.3 Å². The highest BCUT2D eigenvalue weighted by Crippen LogP contribution is 2.48. The molecule has 0 aromatic heterocycles. The number of rotatable bonds is 8. The fraction of sp³-hybridized carbons (Fsp3) is 0.100. The largest absolute Gasteiger partial charge is 0.486 e. The Morgan fingerprint density at radius 2 is 1.23 bits per heavy atom. The van der Waals surface area contributed by atoms with Crippen LogP contribution in [0.5, 0.6) is 5.75 Å². The van der Waals surface area contributed by atoms with Crippen LogP contribution in [0.1, 0.15) is 40.8 Å². The van der Waals surface area contributed by atoms with Crippen molar-refractivity contribution in [2.24, 2.45) is 0 Å². The molecule has 5 unspecified atom stereocenters. The molecular weight excluding hydrogens is 777 g/mol. The zero-order valence-electron chi connectivity index (χ0n) is 35.4. The molecule has 1 radical (unpaired) electrons. The summed E-state index contributed by atoms with van der Waals surface area (Å²) in [5.74, 6) is 4.78. The summed E-state index contributed by atoms with van der Waals surface area (Å²) in [5.41, 5.74) is 16.5. The molecule has 0 amide bonds. The Bertz CT molecular complexity index is 3050. The third-order valence-corrected chi connectivity index (χ3v) is 13.3. The molecule has 0 saturated carbocycles. The van der Waals surface area contributed by atoms with E-state index in [2.05, 4.69) is 243 Å². The van der Waals surface area contributed by atoms with Crippen LogP contribution < -0.4 is 9.64 Å². The van der Waals surface area contributed by atoms with Crippen LogP contribution in [0.4, 0.5) is 17.1 Å². The van der Waals surface area contributed by atoms with Gasteiger partial charge in [-0.15, -0.1) is 5.98 Å². The van der Waals surface area contributed by atoms with Crippen LogP contribution in [0.2, 0.25) is 0 Å². The number of allylic oxidation sites excluding steroid dienone is 13. The lowest BCUT2D eigenvalue weighted by molar-refractivity contribution is 0.176. The zero-order chi connectivity index (χ0) is 42.4. The summed E-state index contributed by atoms with van der Waals surface area (Å²) < 4.78 is 13.2. The number of ether oxygens (including phenoxy) is 2. The van der Waals surface area contributed by atoms with Gasteiger partial charge >= 0.3 is 0 Å². The minimum absolute atomic E-state index is 0.0217. The first kappa shape index (κ1) is 38.1. The van der Waals surface area contributed by atoms with Crippen molar-refractivity contribution in [1.29, 1.82) is 0 Å². The van der Waals surface area contributed by atoms with Gasteiger partial charge in [0.15, 0.2) is 7.28 Å². The Balaban J connectivity index is 0.910. The lowest BCUT2D eigenvalue weighted by atomic mass is 9.57. The van der Waals surface area contributed by atoms with Gasteiger partial charge < -0.3 is 14.4 Å². The van der Waals surface area contributed by atoms with Crippen molar-refractivity contribution in [3.8, 4) is 39.1 Å². The van der Waals surface area contributed by atoms with Gasteiger partial charge in [-0.25, -0.2) is 0 Å². The predicted octanol–water partition coefficient (Wildman–Crippen LogP) is 14.7. The molecule has 0 saturated heterocycles. The Morgan fingerprint density at radius 1 is 0.531 bits per heavy atom. The Labute approximate surface area is 376 Å². The predicted molar refractivity (Wildman–Crippen MR) is 264 cm³/mol. The monoisotopic (exact) mass is 822 g/mol. The Morgan fingerprint density at radius 3 is 2.00 bits per heavy atom. The van der Waals surface area contributed by atoms with Crippen LogP contribution in [0.15, 0.2) is 247 Å². The minimum Gasteiger partial charge on any atom is -0.486 e. The van der Waals surface area contributed by atoms with Gasteiger partial charge in [0.25, 0.3) is 0 Å². The van der Waals surface area contributed by atoms with E-state index in [1.54, 1.807) is 0 Å². The summed E-state index contributed by atoms with van der Waals surface area (Å²) in [4.78, 5) is 2.36. The van der Waals surface area contributed by atoms with Crippen LogP contribution in [0.3, 0.4) is 0 Å². The molecule has 3 nitrogen and oxygen atoms in total. The van der Waals surface area contributed by atoms with Crippen LogP contribution in [0.25, 0.3) is 33.4 Å². The normalized spacial score (nSPS) is 21.8. The quantitative estimate of drug-likeness (QED) is 0.143. The standard InChI is InChI=1S/C60H45BNO2/c1-3-12-40(13-4-1)46-36-47(41-14-5-2-6-15-41)38-48(37-46)42-22-28-49(29-23-42)62(50-30-24-43(25-31-50)53-19-11-20-56-55-18-9-10-21-57(55)64-59(53)56)51-32-26-44(27-33-51)58-60-54(34-35-61-58)45-16-7-8-17-52(39-45)63-60/h1-14,16-39,41,52,55,57-58H,15H2. The molecule has 6 aromatic rings. The second-order valence-electron chi connectivity index (χ2n) is 17.2. The highest BCUT2D eigenvalue weighted by molar-refractivity contribution is 6.45. The summed E-state index contributed by atoms with van der Waals surface area (Å²) in [6.45, 7) is 0. The zero-order valence-corrected chi connectivity index (χ0v) is 35.4. The summed E-state index contributed by atoms with van der Waals surface area (Å²) in [6, 6.07) is 51.4. The molecule has 6 aliphatic rings. The van der Waals surface area contributed by atoms with Crippen LogP contribution in [0, 0.1) is 0 Å². The van der Waals surface area contributed by atoms with Crippen molar-refractivity contribution in [1.82, 2.24) is 0 Å². The van der Waals surface area contributed by atoms with E-state index in [0.29, 0.717) is 5.92 Å². The van der Waals surface area contributed by atoms with Gasteiger partial charge in [-0.05, 0) is 112 Å². The highest BCUT2D eigenvalue weighted by atomic mass is 16.5. The van der Waals surface area contributed by atoms with Crippen molar-refractivity contribution in [3.63, 3.8) is 0 Å². The van der Waals surface area contributed by atoms with E-state index in [0.717, 1.165) is 51.7 Å². The van der Waals surface area contributed by atoms with E-state index >= 15 is 0 Å². The van der Waals surface area contributed by atoms with Crippen molar-refractivity contribution >= 4 is 24.3 Å². The first-order chi connectivity index (χ1) is 31.7. The molecule has 6 aromatic carbocycles. The van der Waals surface area contributed by atoms with Gasteiger partial charge in [0, 0.05) is 51.4 Å². The molecule has 64 heavy (non-hydrogen) atoms. The van der Waals surface area contributed by atoms with Crippen molar-refractivity contribution in [2.75, 3.05) is 4.90 Å². The number of para-hydroxylation sites is 1. The average molecular weight is 823 g/mol. The Hall–Kier alpha value is -7.56. The number of anilines is 3. The molecular formula is C60H45BNO2. The van der Waals surface area contributed by atoms with Gasteiger partial charge in [0.05, 0.1) is 0 Å². The molecule has 0 N–H and O–H groups in total. The molecule has 3 aliphatic carbocycles. The maximum absolute atomic E-state index is 6.61. The summed E-state index contributed by atoms with van der Waals surface area (Å²) in [7, 11) is 2.25. The van der Waals surface area contributed by atoms with Crippen LogP contribution in [-0.4, -0.2) is 19.5 Å². The number of hydrogen-bond acceptors (Lipinski definition) is 3. The lowest BCUT2D eigenvalue weighted by Gasteiger charge is -2.32.